The first-order chi connectivity index (χ1) is 9.97. The highest BCUT2D eigenvalue weighted by molar-refractivity contribution is 6.35. The van der Waals surface area contributed by atoms with E-state index >= 15 is 0 Å². The van der Waals surface area contributed by atoms with E-state index in [9.17, 15) is 5.11 Å². The van der Waals surface area contributed by atoms with Gasteiger partial charge in [0.05, 0.1) is 16.4 Å². The van der Waals surface area contributed by atoms with Crippen LogP contribution < -0.4 is 11.5 Å². The van der Waals surface area contributed by atoms with Crippen LogP contribution in [0.5, 0.6) is 5.75 Å². The van der Waals surface area contributed by atoms with Gasteiger partial charge in [-0.2, -0.15) is 0 Å². The van der Waals surface area contributed by atoms with E-state index in [4.69, 9.17) is 34.7 Å². The van der Waals surface area contributed by atoms with Crippen molar-refractivity contribution < 1.29 is 5.11 Å². The Morgan fingerprint density at radius 2 is 1.76 bits per heavy atom. The predicted molar refractivity (Wildman–Crippen MR) is 89.3 cm³/mol. The lowest BCUT2D eigenvalue weighted by molar-refractivity contribution is 0.478. The summed E-state index contributed by atoms with van der Waals surface area (Å²) in [5.41, 5.74) is 12.9. The second kappa shape index (κ2) is 6.52. The van der Waals surface area contributed by atoms with Crippen molar-refractivity contribution >= 4 is 46.5 Å². The average molecular weight is 322 g/mol. The summed E-state index contributed by atoms with van der Waals surface area (Å²) in [6.45, 7) is 0. The number of benzene rings is 2. The van der Waals surface area contributed by atoms with Crippen molar-refractivity contribution in [2.45, 2.75) is 0 Å². The first-order valence-electron chi connectivity index (χ1n) is 6.02. The number of aliphatic imine (C=N–C) groups is 1. The van der Waals surface area contributed by atoms with Gasteiger partial charge in [0.1, 0.15) is 11.6 Å². The minimum Gasteiger partial charge on any atom is -0.506 e. The topological polar surface area (TPSA) is 84.6 Å². The summed E-state index contributed by atoms with van der Waals surface area (Å²) in [5.74, 6) is 0.250. The smallest absolute Gasteiger partial charge is 0.140 e. The van der Waals surface area contributed by atoms with Crippen LogP contribution in [0.15, 0.2) is 47.5 Å². The largest absolute Gasteiger partial charge is 0.506 e. The SMILES string of the molecule is NC(/C=C/c1ccc(O)c(N)c1Cl)=Nc1ccc(Cl)cc1. The van der Waals surface area contributed by atoms with Gasteiger partial charge in [0.25, 0.3) is 0 Å². The molecule has 0 amide bonds. The second-order valence-corrected chi connectivity index (χ2v) is 5.06. The standard InChI is InChI=1S/C15H13Cl2N3O/c16-10-3-5-11(6-4-10)20-13(18)8-2-9-1-7-12(21)15(19)14(9)17/h1-8,21H,19H2,(H2,18,20)/b8-2+. The molecule has 0 fully saturated rings. The molecule has 4 nitrogen and oxygen atoms in total. The fraction of sp³-hybridized carbons (Fsp3) is 0. The molecule has 0 saturated heterocycles. The van der Waals surface area contributed by atoms with Crippen molar-refractivity contribution in [2.75, 3.05) is 5.73 Å². The number of hydrogen-bond acceptors (Lipinski definition) is 3. The Hall–Kier alpha value is -2.17. The van der Waals surface area contributed by atoms with Gasteiger partial charge in [0, 0.05) is 5.02 Å². The maximum atomic E-state index is 9.43. The third kappa shape index (κ3) is 3.90. The van der Waals surface area contributed by atoms with Gasteiger partial charge in [0.2, 0.25) is 0 Å². The lowest BCUT2D eigenvalue weighted by Crippen LogP contribution is -2.06. The van der Waals surface area contributed by atoms with Gasteiger partial charge in [-0.05, 0) is 54.1 Å². The number of nitrogens with zero attached hydrogens (tertiary/aromatic N) is 1. The zero-order valence-corrected chi connectivity index (χ0v) is 12.4. The molecule has 0 spiro atoms. The van der Waals surface area contributed by atoms with Crippen LogP contribution in [0.4, 0.5) is 11.4 Å². The van der Waals surface area contributed by atoms with Crippen LogP contribution >= 0.6 is 23.2 Å². The first kappa shape index (κ1) is 15.2. The summed E-state index contributed by atoms with van der Waals surface area (Å²) >= 11 is 11.8. The molecule has 21 heavy (non-hydrogen) atoms. The zero-order valence-electron chi connectivity index (χ0n) is 10.9. The number of phenols is 1. The van der Waals surface area contributed by atoms with E-state index in [0.29, 0.717) is 22.1 Å². The van der Waals surface area contributed by atoms with Gasteiger partial charge in [-0.1, -0.05) is 23.2 Å². The van der Waals surface area contributed by atoms with Crippen LogP contribution in [0.1, 0.15) is 5.56 Å². The summed E-state index contributed by atoms with van der Waals surface area (Å²) in [7, 11) is 0. The first-order valence-corrected chi connectivity index (χ1v) is 6.77. The third-order valence-electron chi connectivity index (χ3n) is 2.71. The minimum absolute atomic E-state index is 0.0556. The summed E-state index contributed by atoms with van der Waals surface area (Å²) in [6, 6.07) is 10.1. The highest BCUT2D eigenvalue weighted by atomic mass is 35.5. The van der Waals surface area contributed by atoms with Crippen LogP contribution in [0.2, 0.25) is 10.0 Å². The Bertz CT molecular complexity index is 710. The number of anilines is 1. The normalized spacial score (nSPS) is 12.0. The van der Waals surface area contributed by atoms with Crippen molar-refractivity contribution in [2.24, 2.45) is 10.7 Å². The summed E-state index contributed by atoms with van der Waals surface area (Å²) in [4.78, 5) is 4.21. The molecule has 0 aliphatic heterocycles. The Labute approximate surface area is 132 Å². The van der Waals surface area contributed by atoms with E-state index in [2.05, 4.69) is 4.99 Å². The number of rotatable bonds is 3. The molecular weight excluding hydrogens is 309 g/mol. The number of hydrogen-bond donors (Lipinski definition) is 3. The zero-order chi connectivity index (χ0) is 15.4. The molecule has 0 aromatic heterocycles. The molecule has 6 heteroatoms. The average Bonchev–Trinajstić information content (AvgIpc) is 2.46. The molecule has 2 aromatic rings. The summed E-state index contributed by atoms with van der Waals surface area (Å²) in [6.07, 6.45) is 3.28. The van der Waals surface area contributed by atoms with E-state index in [0.717, 1.165) is 0 Å². The number of nitrogens with two attached hydrogens (primary N) is 2. The van der Waals surface area contributed by atoms with Gasteiger partial charge < -0.3 is 16.6 Å². The molecular formula is C15H13Cl2N3O. The van der Waals surface area contributed by atoms with E-state index in [1.807, 2.05) is 0 Å². The lowest BCUT2D eigenvalue weighted by Gasteiger charge is -2.04. The van der Waals surface area contributed by atoms with Crippen LogP contribution in [0.3, 0.4) is 0 Å². The number of aromatic hydroxyl groups is 1. The number of nitrogen functional groups attached to an aromatic ring is 1. The molecule has 5 N–H and O–H groups in total. The predicted octanol–water partition coefficient (Wildman–Crippen LogP) is 3.98. The van der Waals surface area contributed by atoms with Gasteiger partial charge in [0.15, 0.2) is 0 Å². The fourth-order valence-electron chi connectivity index (χ4n) is 1.61. The van der Waals surface area contributed by atoms with Crippen molar-refractivity contribution in [3.8, 4) is 5.75 Å². The summed E-state index contributed by atoms with van der Waals surface area (Å²) in [5, 5.41) is 10.3. The molecule has 0 aliphatic rings. The monoisotopic (exact) mass is 321 g/mol. The van der Waals surface area contributed by atoms with Gasteiger partial charge in [-0.3, -0.25) is 0 Å². The second-order valence-electron chi connectivity index (χ2n) is 4.25. The van der Waals surface area contributed by atoms with Crippen molar-refractivity contribution in [3.63, 3.8) is 0 Å². The molecule has 0 heterocycles. The van der Waals surface area contributed by atoms with Gasteiger partial charge >= 0.3 is 0 Å². The van der Waals surface area contributed by atoms with Gasteiger partial charge in [-0.15, -0.1) is 0 Å². The van der Waals surface area contributed by atoms with Crippen LogP contribution in [-0.2, 0) is 0 Å². The fourth-order valence-corrected chi connectivity index (χ4v) is 1.95. The number of amidine groups is 1. The molecule has 0 saturated carbocycles. The maximum Gasteiger partial charge on any atom is 0.140 e. The van der Waals surface area contributed by atoms with Crippen molar-refractivity contribution in [1.29, 1.82) is 0 Å². The molecule has 2 rings (SSSR count). The molecule has 0 aliphatic carbocycles. The Balaban J connectivity index is 2.21. The quantitative estimate of drug-likeness (QED) is 0.346. The Morgan fingerprint density at radius 1 is 1.10 bits per heavy atom. The lowest BCUT2D eigenvalue weighted by atomic mass is 10.1. The van der Waals surface area contributed by atoms with Crippen LogP contribution in [-0.4, -0.2) is 10.9 Å². The highest BCUT2D eigenvalue weighted by Gasteiger charge is 2.05. The minimum atomic E-state index is -0.0556. The molecule has 0 atom stereocenters. The third-order valence-corrected chi connectivity index (χ3v) is 3.38. The number of halogens is 2. The molecule has 0 radical (unpaired) electrons. The van der Waals surface area contributed by atoms with Crippen LogP contribution in [0.25, 0.3) is 6.08 Å². The molecule has 2 aromatic carbocycles. The van der Waals surface area contributed by atoms with E-state index in [1.165, 1.54) is 6.07 Å². The molecule has 0 bridgehead atoms. The molecule has 108 valence electrons. The molecule has 0 unspecified atom stereocenters. The van der Waals surface area contributed by atoms with Crippen molar-refractivity contribution in [1.82, 2.24) is 0 Å². The Kier molecular flexibility index (Phi) is 4.73. The maximum absolute atomic E-state index is 9.43. The number of phenolic OH excluding ortho intramolecular Hbond substituents is 1. The summed E-state index contributed by atoms with van der Waals surface area (Å²) < 4.78 is 0. The van der Waals surface area contributed by atoms with E-state index in [-0.39, 0.29) is 16.5 Å². The van der Waals surface area contributed by atoms with E-state index < -0.39 is 0 Å². The van der Waals surface area contributed by atoms with Crippen molar-refractivity contribution in [3.05, 3.63) is 58.1 Å². The van der Waals surface area contributed by atoms with Gasteiger partial charge in [-0.25, -0.2) is 4.99 Å². The van der Waals surface area contributed by atoms with Crippen LogP contribution in [0, 0.1) is 0 Å². The Morgan fingerprint density at radius 3 is 2.43 bits per heavy atom. The van der Waals surface area contributed by atoms with E-state index in [1.54, 1.807) is 42.5 Å². The highest BCUT2D eigenvalue weighted by Crippen LogP contribution is 2.32.